The molecule has 2 heterocycles. The van der Waals surface area contributed by atoms with E-state index in [9.17, 15) is 4.79 Å². The molecule has 1 aromatic carbocycles. The van der Waals surface area contributed by atoms with E-state index < -0.39 is 0 Å². The minimum atomic E-state index is 0.0685. The molecule has 5 nitrogen and oxygen atoms in total. The summed E-state index contributed by atoms with van der Waals surface area (Å²) in [6.45, 7) is 8.87. The number of hydrogen-bond acceptors (Lipinski definition) is 2. The fourth-order valence-electron chi connectivity index (χ4n) is 4.10. The Morgan fingerprint density at radius 2 is 2.07 bits per heavy atom. The molecule has 0 radical (unpaired) electrons. The largest absolute Gasteiger partial charge is 0.338 e. The van der Waals surface area contributed by atoms with Crippen LogP contribution in [0.25, 0.3) is 0 Å². The monoisotopic (exact) mass is 368 g/mol. The SMILES string of the molecule is Cc1cnc(CC2CCCN(C(=O)NCCc3ccccc3)C2)n1C(C)C. The van der Waals surface area contributed by atoms with Crippen molar-refractivity contribution in [1.82, 2.24) is 19.8 Å². The van der Waals surface area contributed by atoms with Gasteiger partial charge in [-0.1, -0.05) is 30.3 Å². The van der Waals surface area contributed by atoms with Gasteiger partial charge in [-0.25, -0.2) is 9.78 Å². The fraction of sp³-hybridized carbons (Fsp3) is 0.545. The van der Waals surface area contributed by atoms with Gasteiger partial charge in [-0.15, -0.1) is 0 Å². The van der Waals surface area contributed by atoms with Crippen LogP contribution < -0.4 is 5.32 Å². The second-order valence-electron chi connectivity index (χ2n) is 7.91. The second-order valence-corrected chi connectivity index (χ2v) is 7.91. The molecule has 1 atom stereocenters. The summed E-state index contributed by atoms with van der Waals surface area (Å²) in [7, 11) is 0. The van der Waals surface area contributed by atoms with Gasteiger partial charge in [-0.05, 0) is 51.5 Å². The lowest BCUT2D eigenvalue weighted by Crippen LogP contribution is -2.46. The molecular weight excluding hydrogens is 336 g/mol. The zero-order chi connectivity index (χ0) is 19.2. The first-order chi connectivity index (χ1) is 13.0. The average molecular weight is 369 g/mol. The number of carbonyl (C=O) groups is 1. The molecule has 2 amide bonds. The van der Waals surface area contributed by atoms with Gasteiger partial charge >= 0.3 is 6.03 Å². The van der Waals surface area contributed by atoms with Crippen LogP contribution in [0.3, 0.4) is 0 Å². The van der Waals surface area contributed by atoms with E-state index in [1.807, 2.05) is 29.3 Å². The summed E-state index contributed by atoms with van der Waals surface area (Å²) >= 11 is 0. The summed E-state index contributed by atoms with van der Waals surface area (Å²) in [4.78, 5) is 19.2. The van der Waals surface area contributed by atoms with Crippen molar-refractivity contribution < 1.29 is 4.79 Å². The van der Waals surface area contributed by atoms with E-state index in [1.54, 1.807) is 0 Å². The summed E-state index contributed by atoms with van der Waals surface area (Å²) in [6, 6.07) is 10.8. The van der Waals surface area contributed by atoms with Gasteiger partial charge in [0.2, 0.25) is 0 Å². The zero-order valence-electron chi connectivity index (χ0n) is 16.8. The molecule has 0 spiro atoms. The van der Waals surface area contributed by atoms with Crippen LogP contribution in [0, 0.1) is 12.8 Å². The number of nitrogens with one attached hydrogen (secondary N) is 1. The predicted molar refractivity (Wildman–Crippen MR) is 109 cm³/mol. The maximum atomic E-state index is 12.6. The Morgan fingerprint density at radius 1 is 1.30 bits per heavy atom. The van der Waals surface area contributed by atoms with E-state index in [0.29, 0.717) is 18.5 Å². The molecule has 0 bridgehead atoms. The summed E-state index contributed by atoms with van der Waals surface area (Å²) in [6.07, 6.45) is 6.01. The molecule has 0 aliphatic carbocycles. The van der Waals surface area contributed by atoms with Crippen molar-refractivity contribution in [3.8, 4) is 0 Å². The molecule has 146 valence electrons. The molecule has 2 aromatic rings. The number of piperidine rings is 1. The Balaban J connectivity index is 1.51. The minimum Gasteiger partial charge on any atom is -0.338 e. The normalized spacial score (nSPS) is 17.3. The van der Waals surface area contributed by atoms with E-state index in [1.165, 1.54) is 11.3 Å². The van der Waals surface area contributed by atoms with Gasteiger partial charge in [0.05, 0.1) is 0 Å². The number of aromatic nitrogens is 2. The molecule has 3 rings (SSSR count). The predicted octanol–water partition coefficient (Wildman–Crippen LogP) is 3.98. The lowest BCUT2D eigenvalue weighted by molar-refractivity contribution is 0.164. The molecule has 0 saturated carbocycles. The number of aryl methyl sites for hydroxylation is 1. The Hall–Kier alpha value is -2.30. The second kappa shape index (κ2) is 9.07. The number of amides is 2. The van der Waals surface area contributed by atoms with Gasteiger partial charge in [0.15, 0.2) is 0 Å². The molecule has 1 aromatic heterocycles. The van der Waals surface area contributed by atoms with Crippen molar-refractivity contribution in [1.29, 1.82) is 0 Å². The number of imidazole rings is 1. The maximum Gasteiger partial charge on any atom is 0.317 e. The van der Waals surface area contributed by atoms with Crippen LogP contribution in [0.5, 0.6) is 0 Å². The van der Waals surface area contributed by atoms with Crippen LogP contribution in [-0.4, -0.2) is 40.1 Å². The number of hydrogen-bond donors (Lipinski definition) is 1. The van der Waals surface area contributed by atoms with Crippen LogP contribution in [-0.2, 0) is 12.8 Å². The average Bonchev–Trinajstić information content (AvgIpc) is 3.03. The van der Waals surface area contributed by atoms with Crippen molar-refractivity contribution in [3.05, 3.63) is 53.6 Å². The molecule has 1 aliphatic rings. The smallest absolute Gasteiger partial charge is 0.317 e. The van der Waals surface area contributed by atoms with Gasteiger partial charge < -0.3 is 14.8 Å². The van der Waals surface area contributed by atoms with Crippen LogP contribution in [0.2, 0.25) is 0 Å². The first-order valence-corrected chi connectivity index (χ1v) is 10.1. The van der Waals surface area contributed by atoms with Crippen molar-refractivity contribution in [2.45, 2.75) is 52.5 Å². The van der Waals surface area contributed by atoms with E-state index in [-0.39, 0.29) is 6.03 Å². The minimum absolute atomic E-state index is 0.0685. The first kappa shape index (κ1) is 19.5. The highest BCUT2D eigenvalue weighted by Crippen LogP contribution is 2.23. The van der Waals surface area contributed by atoms with Crippen LogP contribution in [0.15, 0.2) is 36.5 Å². The van der Waals surface area contributed by atoms with Crippen molar-refractivity contribution >= 4 is 6.03 Å². The van der Waals surface area contributed by atoms with Gasteiger partial charge in [-0.2, -0.15) is 0 Å². The molecule has 1 saturated heterocycles. The number of nitrogens with zero attached hydrogens (tertiary/aromatic N) is 3. The molecule has 1 unspecified atom stereocenters. The van der Waals surface area contributed by atoms with Gasteiger partial charge in [0.25, 0.3) is 0 Å². The number of carbonyl (C=O) groups excluding carboxylic acids is 1. The third-order valence-electron chi connectivity index (χ3n) is 5.39. The van der Waals surface area contributed by atoms with Crippen LogP contribution in [0.4, 0.5) is 4.79 Å². The summed E-state index contributed by atoms with van der Waals surface area (Å²) < 4.78 is 2.32. The lowest BCUT2D eigenvalue weighted by Gasteiger charge is -2.33. The first-order valence-electron chi connectivity index (χ1n) is 10.1. The quantitative estimate of drug-likeness (QED) is 0.838. The topological polar surface area (TPSA) is 50.2 Å². The Kier molecular flexibility index (Phi) is 6.54. The number of urea groups is 1. The Morgan fingerprint density at radius 3 is 2.81 bits per heavy atom. The zero-order valence-corrected chi connectivity index (χ0v) is 16.8. The fourth-order valence-corrected chi connectivity index (χ4v) is 4.10. The van der Waals surface area contributed by atoms with Crippen molar-refractivity contribution in [2.75, 3.05) is 19.6 Å². The molecule has 1 fully saturated rings. The standard InChI is InChI=1S/C22H32N4O/c1-17(2)26-18(3)15-24-21(26)14-20-10-7-13-25(16-20)22(27)23-12-11-19-8-5-4-6-9-19/h4-6,8-9,15,17,20H,7,10-14,16H2,1-3H3,(H,23,27). The number of benzene rings is 1. The van der Waals surface area contributed by atoms with Crippen molar-refractivity contribution in [2.24, 2.45) is 5.92 Å². The number of likely N-dealkylation sites (tertiary alicyclic amines) is 1. The summed E-state index contributed by atoms with van der Waals surface area (Å²) in [5.41, 5.74) is 2.47. The van der Waals surface area contributed by atoms with Gasteiger partial charge in [0.1, 0.15) is 5.82 Å². The highest BCUT2D eigenvalue weighted by Gasteiger charge is 2.25. The molecule has 1 aliphatic heterocycles. The van der Waals surface area contributed by atoms with Gasteiger partial charge in [0, 0.05) is 44.0 Å². The highest BCUT2D eigenvalue weighted by molar-refractivity contribution is 5.74. The third-order valence-corrected chi connectivity index (χ3v) is 5.39. The highest BCUT2D eigenvalue weighted by atomic mass is 16.2. The lowest BCUT2D eigenvalue weighted by atomic mass is 9.94. The van der Waals surface area contributed by atoms with E-state index in [0.717, 1.165) is 44.6 Å². The van der Waals surface area contributed by atoms with Crippen molar-refractivity contribution in [3.63, 3.8) is 0 Å². The third kappa shape index (κ3) is 5.12. The Bertz CT molecular complexity index is 738. The number of rotatable bonds is 6. The van der Waals surface area contributed by atoms with Crippen LogP contribution in [0.1, 0.15) is 49.8 Å². The maximum absolute atomic E-state index is 12.6. The Labute approximate surface area is 162 Å². The van der Waals surface area contributed by atoms with Crippen LogP contribution >= 0.6 is 0 Å². The van der Waals surface area contributed by atoms with Gasteiger partial charge in [-0.3, -0.25) is 0 Å². The van der Waals surface area contributed by atoms with E-state index in [2.05, 4.69) is 47.8 Å². The summed E-state index contributed by atoms with van der Waals surface area (Å²) in [5, 5.41) is 3.09. The molecular formula is C22H32N4O. The molecule has 27 heavy (non-hydrogen) atoms. The van der Waals surface area contributed by atoms with E-state index >= 15 is 0 Å². The molecule has 5 heteroatoms. The molecule has 1 N–H and O–H groups in total. The van der Waals surface area contributed by atoms with E-state index in [4.69, 9.17) is 0 Å². The summed E-state index contributed by atoms with van der Waals surface area (Å²) in [5.74, 6) is 1.64.